The Morgan fingerprint density at radius 1 is 0.426 bits per heavy atom. The van der Waals surface area contributed by atoms with Gasteiger partial charge in [-0.1, -0.05) is 149 Å². The summed E-state index contributed by atoms with van der Waals surface area (Å²) in [6.07, 6.45) is 0. The van der Waals surface area contributed by atoms with Gasteiger partial charge in [0.15, 0.2) is 0 Å². The molecule has 0 radical (unpaired) electrons. The van der Waals surface area contributed by atoms with Crippen LogP contribution in [0.2, 0.25) is 0 Å². The predicted molar refractivity (Wildman–Crippen MR) is 232 cm³/mol. The van der Waals surface area contributed by atoms with Gasteiger partial charge in [-0.2, -0.15) is 0 Å². The van der Waals surface area contributed by atoms with Crippen LogP contribution in [-0.2, 0) is 10.8 Å². The van der Waals surface area contributed by atoms with Gasteiger partial charge in [0.05, 0.1) is 11.4 Å². The molecule has 11 rings (SSSR count). The summed E-state index contributed by atoms with van der Waals surface area (Å²) in [7, 11) is 0. The summed E-state index contributed by atoms with van der Waals surface area (Å²) in [6, 6.07) is 61.5. The topological polar surface area (TPSA) is 3.24 Å². The molecule has 2 aliphatic rings. The van der Waals surface area contributed by atoms with Crippen molar-refractivity contribution in [1.29, 1.82) is 0 Å². The van der Waals surface area contributed by atoms with Gasteiger partial charge in [-0.25, -0.2) is 0 Å². The molecule has 0 atom stereocenters. The number of hydrogen-bond acceptors (Lipinski definition) is 2. The molecular weight excluding hydrogens is 671 g/mol. The number of hydrogen-bond donors (Lipinski definition) is 0. The summed E-state index contributed by atoms with van der Waals surface area (Å²) in [5, 5.41) is 5.30. The van der Waals surface area contributed by atoms with Gasteiger partial charge in [0, 0.05) is 47.8 Å². The van der Waals surface area contributed by atoms with Crippen LogP contribution in [0.4, 0.5) is 17.1 Å². The van der Waals surface area contributed by atoms with Crippen molar-refractivity contribution in [2.75, 3.05) is 4.90 Å². The minimum absolute atomic E-state index is 0.0967. The second-order valence-corrected chi connectivity index (χ2v) is 17.2. The van der Waals surface area contributed by atoms with Crippen molar-refractivity contribution in [2.24, 2.45) is 0 Å². The maximum absolute atomic E-state index is 2.54. The molecule has 1 nitrogen and oxygen atoms in total. The number of nitrogens with zero attached hydrogens (tertiary/aromatic N) is 1. The van der Waals surface area contributed by atoms with Crippen molar-refractivity contribution in [3.05, 3.63) is 186 Å². The fraction of sp³-hybridized carbons (Fsp3) is 0.115. The Morgan fingerprint density at radius 3 is 1.61 bits per heavy atom. The zero-order valence-electron chi connectivity index (χ0n) is 30.9. The van der Waals surface area contributed by atoms with Crippen LogP contribution in [0, 0.1) is 0 Å². The lowest BCUT2D eigenvalue weighted by atomic mass is 9.82. The number of fused-ring (bicyclic) bond motifs is 11. The van der Waals surface area contributed by atoms with Crippen LogP contribution in [0.5, 0.6) is 0 Å². The van der Waals surface area contributed by atoms with E-state index in [0.717, 1.165) is 5.69 Å². The molecule has 0 saturated heterocycles. The molecule has 0 saturated carbocycles. The summed E-state index contributed by atoms with van der Waals surface area (Å²) in [4.78, 5) is 2.54. The fourth-order valence-electron chi connectivity index (χ4n) is 9.78. The highest BCUT2D eigenvalue weighted by atomic mass is 32.1. The third kappa shape index (κ3) is 4.32. The van der Waals surface area contributed by atoms with Crippen LogP contribution in [0.3, 0.4) is 0 Å². The van der Waals surface area contributed by atoms with E-state index in [4.69, 9.17) is 0 Å². The van der Waals surface area contributed by atoms with Crippen LogP contribution in [0.1, 0.15) is 49.9 Å². The van der Waals surface area contributed by atoms with Crippen LogP contribution in [-0.4, -0.2) is 0 Å². The van der Waals surface area contributed by atoms with Crippen molar-refractivity contribution in [1.82, 2.24) is 0 Å². The average molecular weight is 710 g/mol. The largest absolute Gasteiger partial charge is 0.309 e. The zero-order chi connectivity index (χ0) is 36.3. The molecule has 0 aliphatic heterocycles. The molecule has 1 heterocycles. The van der Waals surface area contributed by atoms with Gasteiger partial charge in [0.25, 0.3) is 0 Å². The minimum Gasteiger partial charge on any atom is -0.309 e. The average Bonchev–Trinajstić information content (AvgIpc) is 3.79. The van der Waals surface area contributed by atoms with Crippen molar-refractivity contribution in [2.45, 2.75) is 38.5 Å². The van der Waals surface area contributed by atoms with Crippen LogP contribution in [0.15, 0.2) is 164 Å². The van der Waals surface area contributed by atoms with E-state index in [1.807, 2.05) is 11.3 Å². The number of benzene rings is 8. The summed E-state index contributed by atoms with van der Waals surface area (Å²) in [6.45, 7) is 9.48. The highest BCUT2D eigenvalue weighted by molar-refractivity contribution is 7.26. The summed E-state index contributed by atoms with van der Waals surface area (Å²) < 4.78 is 2.67. The Kier molecular flexibility index (Phi) is 6.59. The van der Waals surface area contributed by atoms with E-state index in [9.17, 15) is 0 Å². The molecule has 2 heteroatoms. The van der Waals surface area contributed by atoms with Crippen molar-refractivity contribution in [3.63, 3.8) is 0 Å². The first kappa shape index (κ1) is 31.6. The molecule has 258 valence electrons. The number of thiophene rings is 1. The van der Waals surface area contributed by atoms with E-state index in [1.165, 1.54) is 98.0 Å². The van der Waals surface area contributed by atoms with Gasteiger partial charge in [-0.3, -0.25) is 0 Å². The fourth-order valence-corrected chi connectivity index (χ4v) is 10.9. The van der Waals surface area contributed by atoms with Gasteiger partial charge < -0.3 is 4.90 Å². The van der Waals surface area contributed by atoms with Gasteiger partial charge in [0.2, 0.25) is 0 Å². The first-order chi connectivity index (χ1) is 26.3. The molecule has 0 spiro atoms. The SMILES string of the molecule is CC1(C)c2ccccc2-c2c(N(c3ccc(-c4ccc5sc6ccc7ccccc7c6c5c4)cc3)c3cccc4c3-c3ccccc3C4(C)C)cccc21. The minimum atomic E-state index is -0.0967. The smallest absolute Gasteiger partial charge is 0.0543 e. The Hall–Kier alpha value is -5.96. The molecule has 2 aliphatic carbocycles. The van der Waals surface area contributed by atoms with Gasteiger partial charge in [-0.05, 0) is 97.7 Å². The van der Waals surface area contributed by atoms with Gasteiger partial charge in [0.1, 0.15) is 0 Å². The standard InChI is InChI=1S/C52H39NS/c1-51(2)40-17-9-7-15-37(40)49-42(51)19-11-21-44(49)53(45-22-12-20-43-50(45)38-16-8-10-18-41(38)52(43,3)4)35-27-23-32(24-28-35)34-26-29-46-39(31-34)48-36-14-6-5-13-33(36)25-30-47(48)54-46/h5-31H,1-4H3. The first-order valence-electron chi connectivity index (χ1n) is 19.0. The molecule has 54 heavy (non-hydrogen) atoms. The molecule has 0 amide bonds. The monoisotopic (exact) mass is 709 g/mol. The van der Waals surface area contributed by atoms with Crippen LogP contribution >= 0.6 is 11.3 Å². The third-order valence-corrected chi connectivity index (χ3v) is 13.6. The first-order valence-corrected chi connectivity index (χ1v) is 19.8. The Bertz CT molecular complexity index is 2890. The van der Waals surface area contributed by atoms with Crippen molar-refractivity contribution >= 4 is 59.3 Å². The van der Waals surface area contributed by atoms with E-state index < -0.39 is 0 Å². The van der Waals surface area contributed by atoms with E-state index in [2.05, 4.69) is 196 Å². The normalized spacial score (nSPS) is 14.6. The Morgan fingerprint density at radius 2 is 0.963 bits per heavy atom. The quantitative estimate of drug-likeness (QED) is 0.176. The van der Waals surface area contributed by atoms with E-state index in [1.54, 1.807) is 0 Å². The lowest BCUT2D eigenvalue weighted by Crippen LogP contribution is -2.17. The van der Waals surface area contributed by atoms with Crippen molar-refractivity contribution < 1.29 is 0 Å². The maximum Gasteiger partial charge on any atom is 0.0543 e. The van der Waals surface area contributed by atoms with Crippen LogP contribution in [0.25, 0.3) is 64.3 Å². The van der Waals surface area contributed by atoms with E-state index in [0.29, 0.717) is 0 Å². The maximum atomic E-state index is 2.54. The highest BCUT2D eigenvalue weighted by Gasteiger charge is 2.40. The molecule has 0 fully saturated rings. The molecule has 0 unspecified atom stereocenters. The molecular formula is C52H39NS. The summed E-state index contributed by atoms with van der Waals surface area (Å²) in [5.74, 6) is 0. The summed E-state index contributed by atoms with van der Waals surface area (Å²) in [5.41, 5.74) is 16.7. The molecule has 8 aromatic carbocycles. The third-order valence-electron chi connectivity index (χ3n) is 12.5. The summed E-state index contributed by atoms with van der Waals surface area (Å²) >= 11 is 1.88. The van der Waals surface area contributed by atoms with E-state index >= 15 is 0 Å². The predicted octanol–water partition coefficient (Wildman–Crippen LogP) is 15.0. The lowest BCUT2D eigenvalue weighted by Gasteiger charge is -2.31. The van der Waals surface area contributed by atoms with Crippen molar-refractivity contribution in [3.8, 4) is 33.4 Å². The zero-order valence-corrected chi connectivity index (χ0v) is 31.8. The second-order valence-electron chi connectivity index (χ2n) is 16.1. The molecule has 1 aromatic heterocycles. The Labute approximate surface area is 320 Å². The lowest BCUT2D eigenvalue weighted by molar-refractivity contribution is 0.660. The molecule has 0 bridgehead atoms. The van der Waals surface area contributed by atoms with Gasteiger partial charge >= 0.3 is 0 Å². The van der Waals surface area contributed by atoms with Crippen LogP contribution < -0.4 is 4.90 Å². The number of rotatable bonds is 4. The molecule has 0 N–H and O–H groups in total. The number of anilines is 3. The van der Waals surface area contributed by atoms with E-state index in [-0.39, 0.29) is 10.8 Å². The Balaban J connectivity index is 1.12. The van der Waals surface area contributed by atoms with Gasteiger partial charge in [-0.15, -0.1) is 11.3 Å². The highest BCUT2D eigenvalue weighted by Crippen LogP contribution is 2.58. The molecule has 9 aromatic rings. The second kappa shape index (κ2) is 11.3.